The van der Waals surface area contributed by atoms with E-state index in [2.05, 4.69) is 27.7 Å². The second-order valence-electron chi connectivity index (χ2n) is 8.93. The van der Waals surface area contributed by atoms with Crippen LogP contribution in [0.3, 0.4) is 0 Å². The highest BCUT2D eigenvalue weighted by atomic mass is 32.2. The summed E-state index contributed by atoms with van der Waals surface area (Å²) in [6.45, 7) is 2.00. The van der Waals surface area contributed by atoms with Crippen LogP contribution in [0.4, 0.5) is 5.69 Å². The molecule has 4 aromatic carbocycles. The summed E-state index contributed by atoms with van der Waals surface area (Å²) < 4.78 is 0.620. The summed E-state index contributed by atoms with van der Waals surface area (Å²) in [6.07, 6.45) is 0.995. The molecule has 0 saturated heterocycles. The number of carbonyl (C=O) groups excluding carboxylic acids is 1. The highest BCUT2D eigenvalue weighted by Gasteiger charge is 2.25. The van der Waals surface area contributed by atoms with Gasteiger partial charge < -0.3 is 10.3 Å². The smallest absolute Gasteiger partial charge is 0.401 e. The molecule has 0 fully saturated rings. The Morgan fingerprint density at radius 2 is 1.56 bits per heavy atom. The summed E-state index contributed by atoms with van der Waals surface area (Å²) in [6, 6.07) is 35.2. The van der Waals surface area contributed by atoms with E-state index in [1.54, 1.807) is 6.08 Å². The lowest BCUT2D eigenvalue weighted by Gasteiger charge is -2.09. The number of nitrogens with one attached hydrogen (secondary N) is 1. The fourth-order valence-electron chi connectivity index (χ4n) is 4.04. The van der Waals surface area contributed by atoms with E-state index >= 15 is 0 Å². The van der Waals surface area contributed by atoms with Crippen molar-refractivity contribution < 1.29 is 9.82 Å². The normalized spacial score (nSPS) is 14.3. The molecule has 2 N–H and O–H groups in total. The van der Waals surface area contributed by atoms with Crippen molar-refractivity contribution in [2.24, 2.45) is 10.2 Å². The fraction of sp³-hybridized carbons (Fsp3) is 0.0645. The summed E-state index contributed by atoms with van der Waals surface area (Å²) in [7, 11) is 0. The third kappa shape index (κ3) is 6.97. The molecule has 192 valence electrons. The van der Waals surface area contributed by atoms with Crippen molar-refractivity contribution in [2.75, 3.05) is 5.32 Å². The zero-order valence-electron chi connectivity index (χ0n) is 21.3. The van der Waals surface area contributed by atoms with Gasteiger partial charge in [0.2, 0.25) is 0 Å². The number of aryl methyl sites for hydroxylation is 1. The van der Waals surface area contributed by atoms with Gasteiger partial charge in [-0.2, -0.15) is 0 Å². The van der Waals surface area contributed by atoms with Gasteiger partial charge in [-0.3, -0.25) is 4.79 Å². The highest BCUT2D eigenvalue weighted by Crippen LogP contribution is 2.33. The molecule has 0 unspecified atom stereocenters. The number of allylic oxidation sites excluding steroid dienone is 1. The highest BCUT2D eigenvalue weighted by molar-refractivity contribution is 8.50. The summed E-state index contributed by atoms with van der Waals surface area (Å²) in [5.74, 6) is 0.510. The number of carbonyl (C=O) groups is 1. The maximum Gasteiger partial charge on any atom is 0.401 e. The predicted octanol–water partition coefficient (Wildman–Crippen LogP) is 6.15. The number of rotatable bonds is 7. The Morgan fingerprint density at radius 3 is 2.28 bits per heavy atom. The quantitative estimate of drug-likeness (QED) is 0.0958. The predicted molar refractivity (Wildman–Crippen MR) is 168 cm³/mol. The standard InChI is InChI=1S/C31H26BN3O2S2/c1-22-17-18-28-26(19-22)27(30(36)33-28)20-29(24-13-7-3-8-14-24)34-35-31(38-21-23-11-5-2-6-12-23)39-32(37)25-15-9-4-10-16-25/h2-20,37H,21H2,1H3,(H,33,36)/b27-20-,34-29+,35-31-. The molecular formula is C31H26BN3O2S2. The molecule has 0 radical (unpaired) electrons. The van der Waals surface area contributed by atoms with Crippen molar-refractivity contribution in [1.82, 2.24) is 0 Å². The Labute approximate surface area is 237 Å². The lowest BCUT2D eigenvalue weighted by molar-refractivity contribution is -0.110. The monoisotopic (exact) mass is 547 g/mol. The Balaban J connectivity index is 1.52. The van der Waals surface area contributed by atoms with Crippen LogP contribution >= 0.6 is 23.4 Å². The minimum atomic E-state index is -0.794. The average Bonchev–Trinajstić information content (AvgIpc) is 3.28. The summed E-state index contributed by atoms with van der Waals surface area (Å²) in [4.78, 5) is 12.9. The second-order valence-corrected chi connectivity index (χ2v) is 11.2. The van der Waals surface area contributed by atoms with E-state index in [0.29, 0.717) is 21.4 Å². The number of anilines is 1. The molecule has 0 aliphatic carbocycles. The van der Waals surface area contributed by atoms with Gasteiger partial charge in [-0.1, -0.05) is 114 Å². The van der Waals surface area contributed by atoms with E-state index in [-0.39, 0.29) is 5.91 Å². The van der Waals surface area contributed by atoms with Gasteiger partial charge in [0.25, 0.3) is 5.91 Å². The minimum Gasteiger partial charge on any atom is -0.438 e. The molecule has 0 atom stereocenters. The summed E-state index contributed by atoms with van der Waals surface area (Å²) in [5, 5.41) is 23.1. The molecule has 4 aromatic rings. The zero-order valence-corrected chi connectivity index (χ0v) is 23.0. The van der Waals surface area contributed by atoms with E-state index in [1.165, 1.54) is 23.4 Å². The molecule has 0 saturated carbocycles. The van der Waals surface area contributed by atoms with Crippen molar-refractivity contribution in [1.29, 1.82) is 0 Å². The van der Waals surface area contributed by atoms with Crippen molar-refractivity contribution in [3.63, 3.8) is 0 Å². The van der Waals surface area contributed by atoms with Gasteiger partial charge >= 0.3 is 6.19 Å². The average molecular weight is 548 g/mol. The van der Waals surface area contributed by atoms with Gasteiger partial charge in [0.05, 0.1) is 11.3 Å². The lowest BCUT2D eigenvalue weighted by Crippen LogP contribution is -2.27. The molecule has 1 aliphatic heterocycles. The van der Waals surface area contributed by atoms with Gasteiger partial charge in [0.15, 0.2) is 0 Å². The first-order chi connectivity index (χ1) is 19.1. The van der Waals surface area contributed by atoms with Crippen LogP contribution in [0, 0.1) is 6.92 Å². The molecule has 1 aliphatic rings. The number of thioether (sulfide) groups is 1. The van der Waals surface area contributed by atoms with E-state index in [4.69, 9.17) is 0 Å². The minimum absolute atomic E-state index is 0.171. The number of fused-ring (bicyclic) bond motifs is 1. The molecule has 0 bridgehead atoms. The maximum atomic E-state index is 12.9. The summed E-state index contributed by atoms with van der Waals surface area (Å²) >= 11 is 2.76. The molecule has 1 amide bonds. The van der Waals surface area contributed by atoms with Crippen molar-refractivity contribution >= 4 is 62.3 Å². The van der Waals surface area contributed by atoms with Gasteiger partial charge in [0.1, 0.15) is 4.38 Å². The van der Waals surface area contributed by atoms with Crippen LogP contribution in [0.5, 0.6) is 0 Å². The van der Waals surface area contributed by atoms with Crippen molar-refractivity contribution in [2.45, 2.75) is 12.7 Å². The maximum absolute atomic E-state index is 12.9. The fourth-order valence-corrected chi connectivity index (χ4v) is 5.92. The summed E-state index contributed by atoms with van der Waals surface area (Å²) in [5.41, 5.74) is 6.58. The van der Waals surface area contributed by atoms with Crippen LogP contribution < -0.4 is 10.8 Å². The third-order valence-corrected chi connectivity index (χ3v) is 8.28. The molecule has 39 heavy (non-hydrogen) atoms. The second kappa shape index (κ2) is 12.8. The van der Waals surface area contributed by atoms with Crippen LogP contribution in [-0.4, -0.2) is 27.2 Å². The largest absolute Gasteiger partial charge is 0.438 e. The number of amides is 1. The van der Waals surface area contributed by atoms with E-state index < -0.39 is 6.19 Å². The van der Waals surface area contributed by atoms with E-state index in [1.807, 2.05) is 104 Å². The van der Waals surface area contributed by atoms with Crippen LogP contribution in [0.15, 0.2) is 125 Å². The molecule has 0 aromatic heterocycles. The number of hydrogen-bond donors (Lipinski definition) is 2. The number of nitrogens with zero attached hydrogens (tertiary/aromatic N) is 2. The van der Waals surface area contributed by atoms with Crippen LogP contribution in [0.25, 0.3) is 5.57 Å². The van der Waals surface area contributed by atoms with E-state index in [0.717, 1.165) is 33.4 Å². The lowest BCUT2D eigenvalue weighted by atomic mass is 9.87. The first-order valence-corrected chi connectivity index (χ1v) is 14.3. The molecule has 5 rings (SSSR count). The first kappa shape index (κ1) is 26.7. The molecule has 1 heterocycles. The zero-order chi connectivity index (χ0) is 27.0. The van der Waals surface area contributed by atoms with Gasteiger partial charge in [-0.25, -0.2) is 0 Å². The van der Waals surface area contributed by atoms with Gasteiger partial charge in [-0.15, -0.1) is 21.8 Å². The number of benzene rings is 4. The van der Waals surface area contributed by atoms with Crippen molar-refractivity contribution in [3.05, 3.63) is 138 Å². The Kier molecular flexibility index (Phi) is 8.78. The van der Waals surface area contributed by atoms with Crippen LogP contribution in [0.2, 0.25) is 0 Å². The molecule has 8 heteroatoms. The first-order valence-electron chi connectivity index (χ1n) is 12.5. The van der Waals surface area contributed by atoms with Gasteiger partial charge in [-0.05, 0) is 36.2 Å². The molecular weight excluding hydrogens is 521 g/mol. The van der Waals surface area contributed by atoms with E-state index in [9.17, 15) is 9.82 Å². The van der Waals surface area contributed by atoms with Crippen LogP contribution in [-0.2, 0) is 10.5 Å². The van der Waals surface area contributed by atoms with Crippen LogP contribution in [0.1, 0.15) is 22.3 Å². The van der Waals surface area contributed by atoms with Gasteiger partial charge in [0, 0.05) is 22.6 Å². The Morgan fingerprint density at radius 1 is 0.897 bits per heavy atom. The topological polar surface area (TPSA) is 74.0 Å². The number of hydrogen-bond acceptors (Lipinski definition) is 6. The molecule has 5 nitrogen and oxygen atoms in total. The Hall–Kier alpha value is -3.85. The van der Waals surface area contributed by atoms with Crippen molar-refractivity contribution in [3.8, 4) is 0 Å². The third-order valence-electron chi connectivity index (χ3n) is 6.05. The molecule has 0 spiro atoms. The Bertz CT molecular complexity index is 1540. The SMILES string of the molecule is Cc1ccc2c(c1)/C(=C/C(=N\N=C(\SCc1ccccc1)SB(O)c1ccccc1)c1ccccc1)C(=O)N2.